The highest BCUT2D eigenvalue weighted by atomic mass is 35.5. The van der Waals surface area contributed by atoms with Gasteiger partial charge in [0.1, 0.15) is 12.0 Å². The first kappa shape index (κ1) is 20.5. The summed E-state index contributed by atoms with van der Waals surface area (Å²) in [6, 6.07) is 8.19. The first-order valence-corrected chi connectivity index (χ1v) is 10.8. The smallest absolute Gasteiger partial charge is 0.338 e. The third-order valence-electron chi connectivity index (χ3n) is 4.58. The van der Waals surface area contributed by atoms with Crippen molar-refractivity contribution in [2.75, 3.05) is 12.4 Å². The van der Waals surface area contributed by atoms with Crippen molar-refractivity contribution in [3.8, 4) is 0 Å². The van der Waals surface area contributed by atoms with Gasteiger partial charge in [0.05, 0.1) is 17.0 Å². The van der Waals surface area contributed by atoms with Crippen LogP contribution in [0.25, 0.3) is 0 Å². The van der Waals surface area contributed by atoms with Gasteiger partial charge in [-0.15, -0.1) is 11.6 Å². The first-order chi connectivity index (χ1) is 12.9. The first-order valence-electron chi connectivity index (χ1n) is 8.63. The van der Waals surface area contributed by atoms with Crippen molar-refractivity contribution >= 4 is 39.1 Å². The Balaban J connectivity index is 1.98. The molecule has 2 aliphatic heterocycles. The zero-order chi connectivity index (χ0) is 20.9. The molecule has 0 aromatic heterocycles. The van der Waals surface area contributed by atoms with Crippen molar-refractivity contribution in [3.63, 3.8) is 0 Å². The Morgan fingerprint density at radius 1 is 1.21 bits per heavy atom. The summed E-state index contributed by atoms with van der Waals surface area (Å²) >= 11 is 5.91. The van der Waals surface area contributed by atoms with E-state index in [2.05, 4.69) is 0 Å². The highest BCUT2D eigenvalue weighted by Crippen LogP contribution is 2.41. The average Bonchev–Trinajstić information content (AvgIpc) is 2.63. The molecule has 7 nitrogen and oxygen atoms in total. The number of carbonyl (C=O) groups excluding carboxylic acids is 3. The third-order valence-corrected chi connectivity index (χ3v) is 7.13. The summed E-state index contributed by atoms with van der Waals surface area (Å²) in [5.41, 5.74) is -0.524. The minimum atomic E-state index is -3.81. The number of fused-ring (bicyclic) bond motifs is 1. The SMILES string of the molecule is CC(C)(C)C(=O)C1=C(COC(=O)c2ccccc2)CS(=O)(=O)[C@H]2[C@@H](Cl)C(=O)N12. The van der Waals surface area contributed by atoms with Gasteiger partial charge in [-0.2, -0.15) is 0 Å². The van der Waals surface area contributed by atoms with Crippen LogP contribution in [0.15, 0.2) is 41.6 Å². The van der Waals surface area contributed by atoms with Crippen molar-refractivity contribution < 1.29 is 27.5 Å². The van der Waals surface area contributed by atoms with Crippen LogP contribution in [0.3, 0.4) is 0 Å². The van der Waals surface area contributed by atoms with Gasteiger partial charge in [0, 0.05) is 11.0 Å². The number of carbonyl (C=O) groups is 3. The molecule has 150 valence electrons. The van der Waals surface area contributed by atoms with Crippen LogP contribution in [0.1, 0.15) is 31.1 Å². The van der Waals surface area contributed by atoms with E-state index in [4.69, 9.17) is 16.3 Å². The number of nitrogens with zero attached hydrogens (tertiary/aromatic N) is 1. The maximum absolute atomic E-state index is 13.0. The summed E-state index contributed by atoms with van der Waals surface area (Å²) in [6.07, 6.45) is 0. The maximum atomic E-state index is 13.0. The number of allylic oxidation sites excluding steroid dienone is 1. The number of Topliss-reactive ketones (excluding diaryl/α,β-unsaturated/α-hetero) is 1. The van der Waals surface area contributed by atoms with Gasteiger partial charge in [0.25, 0.3) is 0 Å². The van der Waals surface area contributed by atoms with Crippen LogP contribution >= 0.6 is 11.6 Å². The van der Waals surface area contributed by atoms with Crippen LogP contribution in [0.5, 0.6) is 0 Å². The number of esters is 1. The topological polar surface area (TPSA) is 97.8 Å². The number of alkyl halides is 1. The normalized spacial score (nSPS) is 23.7. The summed E-state index contributed by atoms with van der Waals surface area (Å²) in [7, 11) is -3.81. The zero-order valence-electron chi connectivity index (χ0n) is 15.6. The second-order valence-corrected chi connectivity index (χ2v) is 10.3. The van der Waals surface area contributed by atoms with E-state index in [1.165, 1.54) is 0 Å². The molecule has 28 heavy (non-hydrogen) atoms. The van der Waals surface area contributed by atoms with E-state index in [-0.39, 0.29) is 11.3 Å². The molecule has 0 saturated carbocycles. The number of halogens is 1. The average molecular weight is 426 g/mol. The zero-order valence-corrected chi connectivity index (χ0v) is 17.2. The minimum Gasteiger partial charge on any atom is -0.457 e. The molecule has 2 heterocycles. The molecule has 1 fully saturated rings. The molecular formula is C19H20ClNO6S. The Hall–Kier alpha value is -2.19. The highest BCUT2D eigenvalue weighted by Gasteiger charge is 2.59. The molecule has 0 aliphatic carbocycles. The van der Waals surface area contributed by atoms with Gasteiger partial charge in [-0.25, -0.2) is 13.2 Å². The molecule has 1 amide bonds. The molecule has 0 bridgehead atoms. The molecule has 0 spiro atoms. The number of benzene rings is 1. The second-order valence-electron chi connectivity index (χ2n) is 7.78. The molecule has 1 aromatic carbocycles. The van der Waals surface area contributed by atoms with Gasteiger partial charge in [0.15, 0.2) is 21.0 Å². The summed E-state index contributed by atoms with van der Waals surface area (Å²) in [6.45, 7) is 4.58. The van der Waals surface area contributed by atoms with Gasteiger partial charge in [0.2, 0.25) is 5.91 Å². The van der Waals surface area contributed by atoms with E-state index in [1.54, 1.807) is 51.1 Å². The van der Waals surface area contributed by atoms with Crippen molar-refractivity contribution in [2.24, 2.45) is 5.41 Å². The summed E-state index contributed by atoms with van der Waals surface area (Å²) in [5, 5.41) is -2.49. The van der Waals surface area contributed by atoms with E-state index in [1.807, 2.05) is 0 Å². The largest absolute Gasteiger partial charge is 0.457 e. The standard InChI is InChI=1S/C19H20ClNO6S/c1-19(2,3)15(22)14-12(9-27-18(24)11-7-5-4-6-8-11)10-28(25,26)17-13(20)16(23)21(14)17/h4-8,13,17H,9-10H2,1-3H3/t13-,17-/m0/s1. The molecular weight excluding hydrogens is 406 g/mol. The molecule has 2 atom stereocenters. The molecule has 0 radical (unpaired) electrons. The maximum Gasteiger partial charge on any atom is 0.338 e. The Morgan fingerprint density at radius 2 is 1.82 bits per heavy atom. The molecule has 2 aliphatic rings. The number of sulfone groups is 1. The Morgan fingerprint density at radius 3 is 2.39 bits per heavy atom. The molecule has 0 N–H and O–H groups in total. The summed E-state index contributed by atoms with van der Waals surface area (Å²) in [5.74, 6) is -2.20. The molecule has 1 aromatic rings. The Bertz CT molecular complexity index is 977. The van der Waals surface area contributed by atoms with E-state index in [0.717, 1.165) is 4.90 Å². The quantitative estimate of drug-likeness (QED) is 0.415. The molecule has 3 rings (SSSR count). The molecule has 0 unspecified atom stereocenters. The van der Waals surface area contributed by atoms with Crippen LogP contribution in [-0.2, 0) is 24.2 Å². The molecule has 1 saturated heterocycles. The van der Waals surface area contributed by atoms with E-state index in [0.29, 0.717) is 5.56 Å². The fourth-order valence-corrected chi connectivity index (χ4v) is 5.70. The number of hydrogen-bond donors (Lipinski definition) is 0. The monoisotopic (exact) mass is 425 g/mol. The lowest BCUT2D eigenvalue weighted by Gasteiger charge is -2.48. The third kappa shape index (κ3) is 3.46. The van der Waals surface area contributed by atoms with Crippen molar-refractivity contribution in [1.82, 2.24) is 4.90 Å². The molecule has 9 heteroatoms. The van der Waals surface area contributed by atoms with Gasteiger partial charge in [-0.1, -0.05) is 39.0 Å². The predicted octanol–water partition coefficient (Wildman–Crippen LogP) is 1.92. The van der Waals surface area contributed by atoms with Gasteiger partial charge in [-0.3, -0.25) is 14.5 Å². The van der Waals surface area contributed by atoms with Crippen molar-refractivity contribution in [3.05, 3.63) is 47.2 Å². The number of β-lactam (4-membered cyclic amide) rings is 1. The van der Waals surface area contributed by atoms with Crippen LogP contribution in [-0.4, -0.2) is 54.1 Å². The lowest BCUT2D eigenvalue weighted by molar-refractivity contribution is -0.142. The van der Waals surface area contributed by atoms with Gasteiger partial charge < -0.3 is 4.74 Å². The van der Waals surface area contributed by atoms with Crippen molar-refractivity contribution in [2.45, 2.75) is 31.5 Å². The van der Waals surface area contributed by atoms with Crippen LogP contribution < -0.4 is 0 Å². The highest BCUT2D eigenvalue weighted by molar-refractivity contribution is 7.92. The second kappa shape index (κ2) is 7.00. The fourth-order valence-electron chi connectivity index (χ4n) is 3.12. The lowest BCUT2D eigenvalue weighted by Crippen LogP contribution is -2.68. The Labute approximate surface area is 168 Å². The van der Waals surface area contributed by atoms with Crippen LogP contribution in [0, 0.1) is 5.41 Å². The lowest BCUT2D eigenvalue weighted by atomic mass is 9.86. The Kier molecular flexibility index (Phi) is 5.14. The van der Waals surface area contributed by atoms with E-state index < -0.39 is 56.0 Å². The van der Waals surface area contributed by atoms with Crippen LogP contribution in [0.4, 0.5) is 0 Å². The van der Waals surface area contributed by atoms with E-state index >= 15 is 0 Å². The summed E-state index contributed by atoms with van der Waals surface area (Å²) in [4.78, 5) is 38.4. The number of ketones is 1. The van der Waals surface area contributed by atoms with Crippen LogP contribution in [0.2, 0.25) is 0 Å². The summed E-state index contributed by atoms with van der Waals surface area (Å²) < 4.78 is 30.4. The number of hydrogen-bond acceptors (Lipinski definition) is 6. The van der Waals surface area contributed by atoms with Gasteiger partial charge >= 0.3 is 5.97 Å². The number of amides is 1. The number of rotatable bonds is 4. The fraction of sp³-hybridized carbons (Fsp3) is 0.421. The van der Waals surface area contributed by atoms with E-state index in [9.17, 15) is 22.8 Å². The number of ether oxygens (including phenoxy) is 1. The van der Waals surface area contributed by atoms with Crippen molar-refractivity contribution in [1.29, 1.82) is 0 Å². The minimum absolute atomic E-state index is 0.0323. The predicted molar refractivity (Wildman–Crippen MR) is 102 cm³/mol. The van der Waals surface area contributed by atoms with Gasteiger partial charge in [-0.05, 0) is 12.1 Å².